The molecular weight excluding hydrogens is 360 g/mol. The largest absolute Gasteiger partial charge is 0.302 e. The number of amides is 1. The zero-order chi connectivity index (χ0) is 18.5. The van der Waals surface area contributed by atoms with Crippen LogP contribution in [0.5, 0.6) is 0 Å². The molecule has 2 aromatic heterocycles. The molecule has 1 N–H and O–H groups in total. The number of anilines is 1. The second-order valence-electron chi connectivity index (χ2n) is 6.40. The monoisotopic (exact) mass is 381 g/mol. The van der Waals surface area contributed by atoms with E-state index >= 15 is 0 Å². The van der Waals surface area contributed by atoms with Crippen molar-refractivity contribution in [2.24, 2.45) is 5.92 Å². The van der Waals surface area contributed by atoms with Gasteiger partial charge in [-0.3, -0.25) is 9.69 Å². The fourth-order valence-electron chi connectivity index (χ4n) is 3.06. The molecule has 1 atom stereocenters. The molecule has 6 nitrogen and oxygen atoms in total. The van der Waals surface area contributed by atoms with Gasteiger partial charge in [-0.15, -0.1) is 0 Å². The number of hydrogen-bond acceptors (Lipinski definition) is 6. The first-order valence-electron chi connectivity index (χ1n) is 8.67. The number of aromatic nitrogens is 3. The Morgan fingerprint density at radius 2 is 2.15 bits per heavy atom. The molecule has 1 aliphatic rings. The van der Waals surface area contributed by atoms with E-state index < -0.39 is 11.8 Å². The molecule has 1 aliphatic heterocycles. The van der Waals surface area contributed by atoms with Gasteiger partial charge in [0.15, 0.2) is 10.9 Å². The number of thiazole rings is 1. The van der Waals surface area contributed by atoms with Gasteiger partial charge in [0.05, 0.1) is 17.3 Å². The lowest BCUT2D eigenvalue weighted by Gasteiger charge is -2.32. The SMILES string of the molecule is CCC(=O)Nc1nc(F)c(CN2CCC[C@H](Cc3ncc(F)cn3)C2)s1. The van der Waals surface area contributed by atoms with E-state index in [-0.39, 0.29) is 5.91 Å². The van der Waals surface area contributed by atoms with Crippen LogP contribution in [0.4, 0.5) is 13.9 Å². The van der Waals surface area contributed by atoms with Crippen molar-refractivity contribution in [2.75, 3.05) is 18.4 Å². The number of nitrogens with one attached hydrogen (secondary N) is 1. The molecule has 2 aromatic rings. The van der Waals surface area contributed by atoms with Crippen LogP contribution < -0.4 is 5.32 Å². The molecule has 3 heterocycles. The van der Waals surface area contributed by atoms with Gasteiger partial charge in [0, 0.05) is 25.9 Å². The maximum atomic E-state index is 14.1. The molecular formula is C17H21F2N5OS. The van der Waals surface area contributed by atoms with Crippen molar-refractivity contribution in [1.82, 2.24) is 19.9 Å². The number of nitrogens with zero attached hydrogens (tertiary/aromatic N) is 4. The second-order valence-corrected chi connectivity index (χ2v) is 7.48. The molecule has 0 unspecified atom stereocenters. The van der Waals surface area contributed by atoms with Gasteiger partial charge in [-0.1, -0.05) is 18.3 Å². The van der Waals surface area contributed by atoms with Crippen LogP contribution in [0.25, 0.3) is 0 Å². The van der Waals surface area contributed by atoms with Crippen LogP contribution in [0, 0.1) is 17.7 Å². The molecule has 0 spiro atoms. The van der Waals surface area contributed by atoms with E-state index in [4.69, 9.17) is 0 Å². The first-order valence-corrected chi connectivity index (χ1v) is 9.49. The van der Waals surface area contributed by atoms with Gasteiger partial charge >= 0.3 is 0 Å². The summed E-state index contributed by atoms with van der Waals surface area (Å²) in [6.07, 6.45) is 5.42. The summed E-state index contributed by atoms with van der Waals surface area (Å²) in [7, 11) is 0. The van der Waals surface area contributed by atoms with E-state index in [0.29, 0.717) is 41.1 Å². The predicted molar refractivity (Wildman–Crippen MR) is 94.7 cm³/mol. The lowest BCUT2D eigenvalue weighted by atomic mass is 9.94. The molecule has 0 saturated carbocycles. The van der Waals surface area contributed by atoms with Crippen LogP contribution in [0.2, 0.25) is 0 Å². The summed E-state index contributed by atoms with van der Waals surface area (Å²) in [5.74, 6) is -0.157. The van der Waals surface area contributed by atoms with Crippen molar-refractivity contribution < 1.29 is 13.6 Å². The lowest BCUT2D eigenvalue weighted by molar-refractivity contribution is -0.115. The van der Waals surface area contributed by atoms with Gasteiger partial charge in [0.25, 0.3) is 0 Å². The molecule has 3 rings (SSSR count). The highest BCUT2D eigenvalue weighted by Gasteiger charge is 2.23. The minimum atomic E-state index is -0.523. The Labute approximate surface area is 154 Å². The van der Waals surface area contributed by atoms with Gasteiger partial charge in [0.2, 0.25) is 11.9 Å². The van der Waals surface area contributed by atoms with Gasteiger partial charge in [-0.2, -0.15) is 9.37 Å². The average molecular weight is 381 g/mol. The van der Waals surface area contributed by atoms with Crippen LogP contribution in [0.3, 0.4) is 0 Å². The molecule has 1 amide bonds. The van der Waals surface area contributed by atoms with E-state index in [9.17, 15) is 13.6 Å². The summed E-state index contributed by atoms with van der Waals surface area (Å²) in [5, 5.41) is 2.90. The first kappa shape index (κ1) is 18.8. The minimum absolute atomic E-state index is 0.178. The van der Waals surface area contributed by atoms with Crippen molar-refractivity contribution >= 4 is 22.4 Å². The third kappa shape index (κ3) is 5.01. The average Bonchev–Trinajstić information content (AvgIpc) is 2.96. The maximum Gasteiger partial charge on any atom is 0.230 e. The van der Waals surface area contributed by atoms with Crippen molar-refractivity contribution in [3.63, 3.8) is 0 Å². The Hall–Kier alpha value is -2.00. The topological polar surface area (TPSA) is 71.0 Å². The number of carbonyl (C=O) groups is 1. The lowest BCUT2D eigenvalue weighted by Crippen LogP contribution is -2.36. The Balaban J connectivity index is 1.58. The zero-order valence-corrected chi connectivity index (χ0v) is 15.4. The van der Waals surface area contributed by atoms with E-state index in [1.807, 2.05) is 0 Å². The summed E-state index contributed by atoms with van der Waals surface area (Å²) < 4.78 is 27.0. The quantitative estimate of drug-likeness (QED) is 0.833. The van der Waals surface area contributed by atoms with Crippen molar-refractivity contribution in [3.8, 4) is 0 Å². The van der Waals surface area contributed by atoms with E-state index in [2.05, 4.69) is 25.2 Å². The Bertz CT molecular complexity index is 752. The smallest absolute Gasteiger partial charge is 0.230 e. The summed E-state index contributed by atoms with van der Waals surface area (Å²) in [4.78, 5) is 26.0. The fraction of sp³-hybridized carbons (Fsp3) is 0.529. The van der Waals surface area contributed by atoms with Gasteiger partial charge in [-0.25, -0.2) is 14.4 Å². The maximum absolute atomic E-state index is 14.1. The highest BCUT2D eigenvalue weighted by Crippen LogP contribution is 2.26. The molecule has 9 heteroatoms. The van der Waals surface area contributed by atoms with Crippen LogP contribution in [0.15, 0.2) is 12.4 Å². The predicted octanol–water partition coefficient (Wildman–Crippen LogP) is 3.01. The van der Waals surface area contributed by atoms with E-state index in [1.165, 1.54) is 23.7 Å². The summed E-state index contributed by atoms with van der Waals surface area (Å²) >= 11 is 1.18. The molecule has 0 aliphatic carbocycles. The number of hydrogen-bond donors (Lipinski definition) is 1. The minimum Gasteiger partial charge on any atom is -0.302 e. The summed E-state index contributed by atoms with van der Waals surface area (Å²) in [5.41, 5.74) is 0. The number of likely N-dealkylation sites (tertiary alicyclic amines) is 1. The molecule has 0 bridgehead atoms. The van der Waals surface area contributed by atoms with Crippen molar-refractivity contribution in [3.05, 3.63) is 34.9 Å². The highest BCUT2D eigenvalue weighted by molar-refractivity contribution is 7.15. The number of carbonyl (C=O) groups excluding carboxylic acids is 1. The summed E-state index contributed by atoms with van der Waals surface area (Å²) in [6.45, 7) is 3.88. The van der Waals surface area contributed by atoms with Gasteiger partial charge in [-0.05, 0) is 25.3 Å². The van der Waals surface area contributed by atoms with Crippen LogP contribution in [-0.2, 0) is 17.8 Å². The van der Waals surface area contributed by atoms with E-state index in [0.717, 1.165) is 25.9 Å². The standard InChI is InChI=1S/C17H21F2N5OS/c1-2-15(25)22-17-23-16(19)13(26-17)10-24-5-3-4-11(9-24)6-14-20-7-12(18)8-21-14/h7-8,11H,2-6,9-10H2,1H3,(H,22,23,25)/t11-/m1/s1. The van der Waals surface area contributed by atoms with Gasteiger partial charge < -0.3 is 5.32 Å². The Morgan fingerprint density at radius 3 is 2.88 bits per heavy atom. The van der Waals surface area contributed by atoms with Crippen LogP contribution >= 0.6 is 11.3 Å². The first-order chi connectivity index (χ1) is 12.5. The fourth-order valence-corrected chi connectivity index (χ4v) is 3.96. The zero-order valence-electron chi connectivity index (χ0n) is 14.5. The van der Waals surface area contributed by atoms with Crippen molar-refractivity contribution in [1.29, 1.82) is 0 Å². The normalized spacial score (nSPS) is 18.0. The van der Waals surface area contributed by atoms with E-state index in [1.54, 1.807) is 6.92 Å². The third-order valence-corrected chi connectivity index (χ3v) is 5.26. The molecule has 26 heavy (non-hydrogen) atoms. The van der Waals surface area contributed by atoms with Gasteiger partial charge in [0.1, 0.15) is 5.82 Å². The molecule has 0 aromatic carbocycles. The van der Waals surface area contributed by atoms with Crippen LogP contribution in [0.1, 0.15) is 36.9 Å². The molecule has 1 fully saturated rings. The highest BCUT2D eigenvalue weighted by atomic mass is 32.1. The summed E-state index contributed by atoms with van der Waals surface area (Å²) in [6, 6.07) is 0. The Kier molecular flexibility index (Phi) is 6.20. The Morgan fingerprint density at radius 1 is 1.38 bits per heavy atom. The molecule has 1 saturated heterocycles. The van der Waals surface area contributed by atoms with Crippen LogP contribution in [-0.4, -0.2) is 38.8 Å². The molecule has 0 radical (unpaired) electrons. The molecule has 140 valence electrons. The number of piperidine rings is 1. The third-order valence-electron chi connectivity index (χ3n) is 4.33. The van der Waals surface area contributed by atoms with Crippen molar-refractivity contribution in [2.45, 2.75) is 39.2 Å². The number of halogens is 2. The number of rotatable bonds is 6. The second kappa shape index (κ2) is 8.59.